The van der Waals surface area contributed by atoms with Crippen LogP contribution in [-0.2, 0) is 0 Å². The molecule has 0 unspecified atom stereocenters. The van der Waals surface area contributed by atoms with Crippen LogP contribution in [0.15, 0.2) is 60.8 Å². The van der Waals surface area contributed by atoms with E-state index in [-0.39, 0.29) is 0 Å². The molecule has 2 nitrogen and oxygen atoms in total. The Morgan fingerprint density at radius 2 is 0.458 bits per heavy atom. The van der Waals surface area contributed by atoms with Gasteiger partial charge in [-0.2, -0.15) is 0 Å². The molecule has 0 heterocycles. The van der Waals surface area contributed by atoms with Gasteiger partial charge in [0.05, 0.1) is 0 Å². The molecule has 0 aromatic rings. The molecule has 2 N–H and O–H groups in total. The topological polar surface area (TPSA) is 40.5 Å². The predicted octanol–water partition coefficient (Wildman–Crippen LogP) is 13.5. The maximum Gasteiger partial charge on any atom is 0.133 e. The lowest BCUT2D eigenvalue weighted by molar-refractivity contribution is 0.280. The average Bonchev–Trinajstić information content (AvgIpc) is 3.10. The van der Waals surface area contributed by atoms with Gasteiger partial charge in [0.1, 0.15) is 12.2 Å². The summed E-state index contributed by atoms with van der Waals surface area (Å²) in [5.41, 5.74) is 0. The summed E-state index contributed by atoms with van der Waals surface area (Å²) in [6.45, 7) is 0. The summed E-state index contributed by atoms with van der Waals surface area (Å²) >= 11 is 0. The van der Waals surface area contributed by atoms with E-state index in [4.69, 9.17) is 12.8 Å². The zero-order valence-corrected chi connectivity index (χ0v) is 31.2. The van der Waals surface area contributed by atoms with Crippen LogP contribution < -0.4 is 0 Å². The van der Waals surface area contributed by atoms with Gasteiger partial charge in [0, 0.05) is 0 Å². The minimum Gasteiger partial charge on any atom is -0.377 e. The van der Waals surface area contributed by atoms with Gasteiger partial charge in [-0.3, -0.25) is 0 Å². The number of hydrogen-bond acceptors (Lipinski definition) is 2. The number of rotatable bonds is 36. The van der Waals surface area contributed by atoms with Crippen LogP contribution in [0, 0.1) is 24.7 Å². The van der Waals surface area contributed by atoms with E-state index in [1.807, 2.05) is 12.2 Å². The number of aliphatic hydroxyl groups is 2. The van der Waals surface area contributed by atoms with Crippen molar-refractivity contribution in [3.8, 4) is 24.7 Å². The van der Waals surface area contributed by atoms with Crippen molar-refractivity contribution in [1.82, 2.24) is 0 Å². The van der Waals surface area contributed by atoms with Crippen LogP contribution >= 0.6 is 0 Å². The van der Waals surface area contributed by atoms with Crippen LogP contribution in [0.2, 0.25) is 0 Å². The fourth-order valence-electron chi connectivity index (χ4n) is 5.84. The zero-order chi connectivity index (χ0) is 34.9. The molecule has 0 fully saturated rings. The van der Waals surface area contributed by atoms with Crippen molar-refractivity contribution < 1.29 is 10.2 Å². The van der Waals surface area contributed by atoms with E-state index in [1.165, 1.54) is 180 Å². The number of unbranched alkanes of at least 4 members (excludes halogenated alkanes) is 26. The minimum absolute atomic E-state index is 0.717. The maximum atomic E-state index is 9.26. The Labute approximate surface area is 299 Å². The fourth-order valence-corrected chi connectivity index (χ4v) is 5.84. The van der Waals surface area contributed by atoms with Crippen LogP contribution in [-0.4, -0.2) is 22.4 Å². The molecule has 0 aromatic carbocycles. The van der Waals surface area contributed by atoms with Gasteiger partial charge < -0.3 is 10.2 Å². The normalized spacial score (nSPS) is 13.4. The molecule has 0 saturated carbocycles. The summed E-state index contributed by atoms with van der Waals surface area (Å²) in [7, 11) is 0. The second-order valence-corrected chi connectivity index (χ2v) is 13.6. The van der Waals surface area contributed by atoms with E-state index in [0.29, 0.717) is 0 Å². The van der Waals surface area contributed by atoms with Gasteiger partial charge in [-0.25, -0.2) is 0 Å². The predicted molar refractivity (Wildman–Crippen MR) is 214 cm³/mol. The molecule has 0 aromatic heterocycles. The van der Waals surface area contributed by atoms with Crippen LogP contribution in [0.3, 0.4) is 0 Å². The molecule has 0 aliphatic rings. The molecule has 272 valence electrons. The highest BCUT2D eigenvalue weighted by atomic mass is 16.3. The summed E-state index contributed by atoms with van der Waals surface area (Å²) in [4.78, 5) is 0. The SMILES string of the molecule is C#C[C@@H](O)/C=C/CCCCCCCCC/C=C\CCCC/C=C\CCCC/C=C\CCCCCCCCCCCCC/C=C/[C@H](O)C#C. The van der Waals surface area contributed by atoms with E-state index in [1.54, 1.807) is 12.2 Å². The van der Waals surface area contributed by atoms with E-state index < -0.39 is 12.2 Å². The summed E-state index contributed by atoms with van der Waals surface area (Å²) in [5.74, 6) is 4.61. The minimum atomic E-state index is -0.720. The third-order valence-electron chi connectivity index (χ3n) is 8.94. The molecule has 0 aliphatic heterocycles. The van der Waals surface area contributed by atoms with Crippen molar-refractivity contribution >= 4 is 0 Å². The van der Waals surface area contributed by atoms with Crippen molar-refractivity contribution in [2.45, 2.75) is 205 Å². The molecule has 0 saturated heterocycles. The Morgan fingerprint density at radius 1 is 0.292 bits per heavy atom. The second kappa shape index (κ2) is 40.9. The van der Waals surface area contributed by atoms with Crippen molar-refractivity contribution in [3.05, 3.63) is 60.8 Å². The van der Waals surface area contributed by atoms with Gasteiger partial charge in [-0.1, -0.05) is 150 Å². The highest BCUT2D eigenvalue weighted by Crippen LogP contribution is 2.14. The lowest BCUT2D eigenvalue weighted by atomic mass is 10.0. The second-order valence-electron chi connectivity index (χ2n) is 13.6. The number of aliphatic hydroxyl groups excluding tert-OH is 2. The smallest absolute Gasteiger partial charge is 0.133 e. The molecule has 48 heavy (non-hydrogen) atoms. The lowest BCUT2D eigenvalue weighted by Gasteiger charge is -2.02. The number of hydrogen-bond donors (Lipinski definition) is 2. The van der Waals surface area contributed by atoms with Crippen molar-refractivity contribution in [3.63, 3.8) is 0 Å². The third kappa shape index (κ3) is 39.9. The van der Waals surface area contributed by atoms with E-state index in [9.17, 15) is 10.2 Å². The Kier molecular flexibility index (Phi) is 39.0. The third-order valence-corrected chi connectivity index (χ3v) is 8.94. The number of terminal acetylenes is 2. The first-order valence-corrected chi connectivity index (χ1v) is 20.3. The first kappa shape index (κ1) is 45.7. The Bertz CT molecular complexity index is 877. The van der Waals surface area contributed by atoms with Gasteiger partial charge in [0.2, 0.25) is 0 Å². The molecule has 0 aliphatic carbocycles. The van der Waals surface area contributed by atoms with Gasteiger partial charge >= 0.3 is 0 Å². The first-order chi connectivity index (χ1) is 23.7. The van der Waals surface area contributed by atoms with Crippen LogP contribution in [0.25, 0.3) is 0 Å². The molecule has 0 spiro atoms. The number of allylic oxidation sites excluding steroid dienone is 8. The van der Waals surface area contributed by atoms with Gasteiger partial charge in [0.15, 0.2) is 0 Å². The average molecular weight is 661 g/mol. The Balaban J connectivity index is 3.26. The van der Waals surface area contributed by atoms with E-state index in [0.717, 1.165) is 12.8 Å². The van der Waals surface area contributed by atoms with Crippen LogP contribution in [0.4, 0.5) is 0 Å². The fraction of sp³-hybridized carbons (Fsp3) is 0.696. The van der Waals surface area contributed by atoms with Crippen LogP contribution in [0.1, 0.15) is 193 Å². The first-order valence-electron chi connectivity index (χ1n) is 20.3. The Morgan fingerprint density at radius 3 is 0.667 bits per heavy atom. The Hall–Kier alpha value is -2.26. The van der Waals surface area contributed by atoms with Gasteiger partial charge in [-0.15, -0.1) is 12.8 Å². The van der Waals surface area contributed by atoms with Gasteiger partial charge in [-0.05, 0) is 115 Å². The van der Waals surface area contributed by atoms with E-state index >= 15 is 0 Å². The highest BCUT2D eigenvalue weighted by Gasteiger charge is 1.95. The standard InChI is InChI=1S/C46H76O2/c1-3-45(47)43-41-39-37-35-33-31-29-27-25-23-21-19-17-15-13-11-9-7-5-6-8-10-12-14-16-18-20-22-24-26-28-30-32-34-36-38-40-42-44-46(48)4-2/h1-2,7,9,12,14,19,21,41-48H,5-6,8,10-11,13,15-18,20,22-40H2/b9-7-,14-12-,21-19-,43-41+,44-42+/t45-,46-/m1/s1. The highest BCUT2D eigenvalue weighted by molar-refractivity contribution is 5.06. The lowest BCUT2D eigenvalue weighted by Crippen LogP contribution is -1.95. The van der Waals surface area contributed by atoms with Gasteiger partial charge in [0.25, 0.3) is 0 Å². The summed E-state index contributed by atoms with van der Waals surface area (Å²) < 4.78 is 0. The van der Waals surface area contributed by atoms with Crippen LogP contribution in [0.5, 0.6) is 0 Å². The summed E-state index contributed by atoms with van der Waals surface area (Å²) in [5, 5.41) is 18.5. The molecular weight excluding hydrogens is 585 g/mol. The molecule has 2 atom stereocenters. The molecular formula is C46H76O2. The summed E-state index contributed by atoms with van der Waals surface area (Å²) in [6.07, 6.45) is 69.5. The monoisotopic (exact) mass is 661 g/mol. The maximum absolute atomic E-state index is 9.26. The molecule has 0 rings (SSSR count). The molecule has 0 bridgehead atoms. The van der Waals surface area contributed by atoms with Crippen molar-refractivity contribution in [2.24, 2.45) is 0 Å². The molecule has 0 radical (unpaired) electrons. The van der Waals surface area contributed by atoms with Crippen molar-refractivity contribution in [1.29, 1.82) is 0 Å². The quantitative estimate of drug-likeness (QED) is 0.0399. The molecule has 0 amide bonds. The van der Waals surface area contributed by atoms with E-state index in [2.05, 4.69) is 48.3 Å². The van der Waals surface area contributed by atoms with Crippen molar-refractivity contribution in [2.75, 3.05) is 0 Å². The summed E-state index contributed by atoms with van der Waals surface area (Å²) in [6, 6.07) is 0. The largest absolute Gasteiger partial charge is 0.377 e. The molecule has 2 heteroatoms. The zero-order valence-electron chi connectivity index (χ0n) is 31.2.